The molecular formula is C12H8BrCl2IN2. The maximum Gasteiger partial charge on any atom is 0.162 e. The first-order valence-corrected chi connectivity index (χ1v) is 7.68. The molecule has 0 radical (unpaired) electrons. The molecule has 0 aliphatic carbocycles. The molecule has 18 heavy (non-hydrogen) atoms. The van der Waals surface area contributed by atoms with Crippen molar-refractivity contribution in [3.63, 3.8) is 0 Å². The maximum atomic E-state index is 6.03. The summed E-state index contributed by atoms with van der Waals surface area (Å²) in [6, 6.07) is 4.01. The quantitative estimate of drug-likeness (QED) is 0.421. The molecule has 0 aliphatic rings. The zero-order chi connectivity index (χ0) is 13.4. The standard InChI is InChI=1S/C12H8BrCl2IN2/c1-5-3-7(4-6(2)8(5)13)12-17-10(14)9(16)11(15)18-12/h3-4H,1-2H3. The number of aryl methyl sites for hydroxylation is 2. The normalized spacial score (nSPS) is 10.8. The van der Waals surface area contributed by atoms with Crippen LogP contribution in [0.25, 0.3) is 11.4 Å². The molecular weight excluding hydrogens is 450 g/mol. The van der Waals surface area contributed by atoms with Gasteiger partial charge < -0.3 is 0 Å². The Bertz CT molecular complexity index is 530. The molecule has 2 nitrogen and oxygen atoms in total. The van der Waals surface area contributed by atoms with E-state index in [1.54, 1.807) is 0 Å². The van der Waals surface area contributed by atoms with Crippen LogP contribution in [0.1, 0.15) is 11.1 Å². The van der Waals surface area contributed by atoms with Crippen LogP contribution in [0, 0.1) is 17.4 Å². The summed E-state index contributed by atoms with van der Waals surface area (Å²) in [7, 11) is 0. The number of hydrogen-bond acceptors (Lipinski definition) is 2. The number of rotatable bonds is 1. The van der Waals surface area contributed by atoms with Crippen molar-refractivity contribution in [3.05, 3.63) is 41.6 Å². The van der Waals surface area contributed by atoms with Gasteiger partial charge in [-0.15, -0.1) is 0 Å². The number of benzene rings is 1. The molecule has 1 aromatic heterocycles. The monoisotopic (exact) mass is 456 g/mol. The number of nitrogens with zero attached hydrogens (tertiary/aromatic N) is 2. The second-order valence-electron chi connectivity index (χ2n) is 3.87. The fraction of sp³-hybridized carbons (Fsp3) is 0.167. The number of hydrogen-bond donors (Lipinski definition) is 0. The maximum absolute atomic E-state index is 6.03. The van der Waals surface area contributed by atoms with E-state index in [0.29, 0.717) is 19.7 Å². The molecule has 1 aromatic carbocycles. The summed E-state index contributed by atoms with van der Waals surface area (Å²) in [6.07, 6.45) is 0. The molecule has 6 heteroatoms. The molecule has 94 valence electrons. The van der Waals surface area contributed by atoms with Crippen LogP contribution in [0.5, 0.6) is 0 Å². The lowest BCUT2D eigenvalue weighted by Gasteiger charge is -2.08. The molecule has 0 saturated carbocycles. The van der Waals surface area contributed by atoms with Crippen molar-refractivity contribution >= 4 is 61.7 Å². The van der Waals surface area contributed by atoms with Gasteiger partial charge in [-0.25, -0.2) is 9.97 Å². The predicted octanol–water partition coefficient (Wildman–Crippen LogP) is 5.43. The van der Waals surface area contributed by atoms with Gasteiger partial charge in [0.25, 0.3) is 0 Å². The first kappa shape index (κ1) is 14.5. The van der Waals surface area contributed by atoms with Gasteiger partial charge in [-0.05, 0) is 59.7 Å². The summed E-state index contributed by atoms with van der Waals surface area (Å²) in [5.41, 5.74) is 3.16. The summed E-state index contributed by atoms with van der Waals surface area (Å²) < 4.78 is 1.76. The Balaban J connectivity index is 2.63. The van der Waals surface area contributed by atoms with Crippen LogP contribution in [0.15, 0.2) is 16.6 Å². The summed E-state index contributed by atoms with van der Waals surface area (Å²) in [5, 5.41) is 0.757. The Kier molecular flexibility index (Phi) is 4.52. The topological polar surface area (TPSA) is 25.8 Å². The van der Waals surface area contributed by atoms with Crippen LogP contribution in [0.2, 0.25) is 10.3 Å². The van der Waals surface area contributed by atoms with Crippen LogP contribution in [0.4, 0.5) is 0 Å². The minimum absolute atomic E-state index is 0.379. The highest BCUT2D eigenvalue weighted by atomic mass is 127. The lowest BCUT2D eigenvalue weighted by Crippen LogP contribution is -1.95. The van der Waals surface area contributed by atoms with Crippen LogP contribution < -0.4 is 0 Å². The average Bonchev–Trinajstić information content (AvgIpc) is 2.31. The van der Waals surface area contributed by atoms with Gasteiger partial charge in [0.1, 0.15) is 10.3 Å². The molecule has 0 saturated heterocycles. The Hall–Kier alpha value is 0.0900. The number of halogens is 4. The van der Waals surface area contributed by atoms with Crippen molar-refractivity contribution < 1.29 is 0 Å². The molecule has 0 fully saturated rings. The molecule has 2 aromatic rings. The first-order chi connectivity index (χ1) is 8.40. The van der Waals surface area contributed by atoms with E-state index >= 15 is 0 Å². The molecule has 0 unspecified atom stereocenters. The Morgan fingerprint density at radius 2 is 1.50 bits per heavy atom. The summed E-state index contributed by atoms with van der Waals surface area (Å²) in [4.78, 5) is 8.53. The van der Waals surface area contributed by atoms with Gasteiger partial charge in [0.15, 0.2) is 5.82 Å². The molecule has 0 amide bonds. The van der Waals surface area contributed by atoms with Crippen LogP contribution in [-0.4, -0.2) is 9.97 Å². The van der Waals surface area contributed by atoms with Crippen LogP contribution in [0.3, 0.4) is 0 Å². The fourth-order valence-electron chi connectivity index (χ4n) is 1.60. The average molecular weight is 458 g/mol. The highest BCUT2D eigenvalue weighted by Gasteiger charge is 2.12. The second kappa shape index (κ2) is 5.61. The van der Waals surface area contributed by atoms with Crippen molar-refractivity contribution in [1.29, 1.82) is 0 Å². The molecule has 0 atom stereocenters. The predicted molar refractivity (Wildman–Crippen MR) is 87.4 cm³/mol. The molecule has 0 bridgehead atoms. The van der Waals surface area contributed by atoms with E-state index in [1.807, 2.05) is 48.6 Å². The van der Waals surface area contributed by atoms with E-state index < -0.39 is 0 Å². The minimum atomic E-state index is 0.379. The molecule has 1 heterocycles. The van der Waals surface area contributed by atoms with Crippen LogP contribution >= 0.6 is 61.7 Å². The number of aromatic nitrogens is 2. The minimum Gasteiger partial charge on any atom is -0.215 e. The zero-order valence-electron chi connectivity index (χ0n) is 9.56. The lowest BCUT2D eigenvalue weighted by atomic mass is 10.1. The Labute approximate surface area is 137 Å². The zero-order valence-corrected chi connectivity index (χ0v) is 14.8. The summed E-state index contributed by atoms with van der Waals surface area (Å²) >= 11 is 17.6. The largest absolute Gasteiger partial charge is 0.215 e. The van der Waals surface area contributed by atoms with Gasteiger partial charge in [0.2, 0.25) is 0 Å². The SMILES string of the molecule is Cc1cc(-c2nc(Cl)c(I)c(Cl)n2)cc(C)c1Br. The van der Waals surface area contributed by atoms with Crippen molar-refractivity contribution in [2.45, 2.75) is 13.8 Å². The molecule has 0 aliphatic heterocycles. The van der Waals surface area contributed by atoms with Crippen molar-refractivity contribution in [2.24, 2.45) is 0 Å². The van der Waals surface area contributed by atoms with Gasteiger partial charge >= 0.3 is 0 Å². The van der Waals surface area contributed by atoms with Gasteiger partial charge in [0.05, 0.1) is 3.57 Å². The third-order valence-corrected chi connectivity index (χ3v) is 5.92. The van der Waals surface area contributed by atoms with E-state index in [2.05, 4.69) is 25.9 Å². The molecule has 0 N–H and O–H groups in total. The van der Waals surface area contributed by atoms with E-state index in [-0.39, 0.29) is 0 Å². The van der Waals surface area contributed by atoms with E-state index in [0.717, 1.165) is 21.2 Å². The van der Waals surface area contributed by atoms with E-state index in [1.165, 1.54) is 0 Å². The van der Waals surface area contributed by atoms with Gasteiger partial charge in [0, 0.05) is 10.0 Å². The summed E-state index contributed by atoms with van der Waals surface area (Å²) in [5.74, 6) is 0.545. The highest BCUT2D eigenvalue weighted by Crippen LogP contribution is 2.30. The van der Waals surface area contributed by atoms with Gasteiger partial charge in [-0.1, -0.05) is 39.1 Å². The van der Waals surface area contributed by atoms with Crippen molar-refractivity contribution in [1.82, 2.24) is 9.97 Å². The Morgan fingerprint density at radius 3 is 1.94 bits per heavy atom. The third kappa shape index (κ3) is 2.81. The molecule has 2 rings (SSSR count). The second-order valence-corrected chi connectivity index (χ2v) is 6.45. The summed E-state index contributed by atoms with van der Waals surface area (Å²) in [6.45, 7) is 4.05. The molecule has 0 spiro atoms. The van der Waals surface area contributed by atoms with E-state index in [4.69, 9.17) is 23.2 Å². The Morgan fingerprint density at radius 1 is 1.06 bits per heavy atom. The highest BCUT2D eigenvalue weighted by molar-refractivity contribution is 14.1. The first-order valence-electron chi connectivity index (χ1n) is 5.06. The smallest absolute Gasteiger partial charge is 0.162 e. The fourth-order valence-corrected chi connectivity index (χ4v) is 2.46. The van der Waals surface area contributed by atoms with Crippen molar-refractivity contribution in [3.8, 4) is 11.4 Å². The van der Waals surface area contributed by atoms with Gasteiger partial charge in [-0.2, -0.15) is 0 Å². The van der Waals surface area contributed by atoms with Gasteiger partial charge in [-0.3, -0.25) is 0 Å². The lowest BCUT2D eigenvalue weighted by molar-refractivity contribution is 1.15. The van der Waals surface area contributed by atoms with Crippen molar-refractivity contribution in [2.75, 3.05) is 0 Å². The van der Waals surface area contributed by atoms with Crippen LogP contribution in [-0.2, 0) is 0 Å². The van der Waals surface area contributed by atoms with E-state index in [9.17, 15) is 0 Å². The third-order valence-electron chi connectivity index (χ3n) is 2.47.